The second-order valence-corrected chi connectivity index (χ2v) is 5.74. The van der Waals surface area contributed by atoms with Crippen LogP contribution in [-0.2, 0) is 0 Å². The van der Waals surface area contributed by atoms with Gasteiger partial charge in [-0.2, -0.15) is 5.26 Å². The molecule has 0 saturated heterocycles. The molecule has 0 aliphatic heterocycles. The molecule has 0 fully saturated rings. The summed E-state index contributed by atoms with van der Waals surface area (Å²) in [5.41, 5.74) is 2.02. The Morgan fingerprint density at radius 2 is 1.60 bits per heavy atom. The molecule has 25 heavy (non-hydrogen) atoms. The Morgan fingerprint density at radius 3 is 2.08 bits per heavy atom. The van der Waals surface area contributed by atoms with Crippen molar-refractivity contribution in [3.63, 3.8) is 0 Å². The highest BCUT2D eigenvalue weighted by Gasteiger charge is 2.18. The predicted molar refractivity (Wildman–Crippen MR) is 100 cm³/mol. The number of nitrogens with zero attached hydrogens (tertiary/aromatic N) is 1. The maximum Gasteiger partial charge on any atom is 0.204 e. The van der Waals surface area contributed by atoms with E-state index in [1.165, 1.54) is 0 Å². The third-order valence-corrected chi connectivity index (χ3v) is 4.44. The maximum absolute atomic E-state index is 9.56. The normalized spacial score (nSPS) is 10.8. The van der Waals surface area contributed by atoms with E-state index in [1.54, 1.807) is 40.6 Å². The van der Waals surface area contributed by atoms with Crippen LogP contribution in [-0.4, -0.2) is 28.4 Å². The first-order valence-electron chi connectivity index (χ1n) is 7.34. The summed E-state index contributed by atoms with van der Waals surface area (Å²) >= 11 is 3.51. The number of allylic oxidation sites excluding steroid dienone is 1. The van der Waals surface area contributed by atoms with E-state index >= 15 is 0 Å². The van der Waals surface area contributed by atoms with Crippen LogP contribution in [0.1, 0.15) is 11.1 Å². The number of nitriles is 1. The molecule has 0 aliphatic rings. The number of halogens is 1. The van der Waals surface area contributed by atoms with Gasteiger partial charge in [0, 0.05) is 0 Å². The van der Waals surface area contributed by atoms with Gasteiger partial charge in [-0.1, -0.05) is 0 Å². The van der Waals surface area contributed by atoms with E-state index in [9.17, 15) is 5.26 Å². The molecule has 5 nitrogen and oxygen atoms in total. The smallest absolute Gasteiger partial charge is 0.204 e. The second kappa shape index (κ2) is 8.45. The van der Waals surface area contributed by atoms with Gasteiger partial charge >= 0.3 is 0 Å². The van der Waals surface area contributed by atoms with Crippen molar-refractivity contribution in [2.45, 2.75) is 0 Å². The molecular weight excluding hydrogens is 386 g/mol. The Hall–Kier alpha value is -2.65. The topological polar surface area (TPSA) is 60.7 Å². The minimum absolute atomic E-state index is 0.483. The lowest BCUT2D eigenvalue weighted by atomic mass is 10.0. The van der Waals surface area contributed by atoms with E-state index in [4.69, 9.17) is 18.9 Å². The molecule has 0 saturated carbocycles. The summed E-state index contributed by atoms with van der Waals surface area (Å²) in [5, 5.41) is 9.56. The van der Waals surface area contributed by atoms with Crippen molar-refractivity contribution in [1.82, 2.24) is 0 Å². The van der Waals surface area contributed by atoms with E-state index in [-0.39, 0.29) is 0 Å². The van der Waals surface area contributed by atoms with Crippen molar-refractivity contribution in [3.05, 3.63) is 45.9 Å². The third-order valence-electron chi connectivity index (χ3n) is 3.62. The van der Waals surface area contributed by atoms with Crippen LogP contribution in [0.15, 0.2) is 34.8 Å². The van der Waals surface area contributed by atoms with E-state index in [0.717, 1.165) is 16.9 Å². The number of benzene rings is 2. The summed E-state index contributed by atoms with van der Waals surface area (Å²) in [4.78, 5) is 0. The summed E-state index contributed by atoms with van der Waals surface area (Å²) in [5.74, 6) is 2.23. The lowest BCUT2D eigenvalue weighted by Gasteiger charge is -2.15. The SMILES string of the molecule is COc1ccc(/C(C#N)=C/c2cc(OC)c(OC)c(OC)c2Br)cc1. The number of rotatable bonds is 6. The van der Waals surface area contributed by atoms with Gasteiger partial charge in [-0.15, -0.1) is 0 Å². The van der Waals surface area contributed by atoms with Crippen LogP contribution < -0.4 is 18.9 Å². The van der Waals surface area contributed by atoms with Gasteiger partial charge in [0.1, 0.15) is 5.75 Å². The van der Waals surface area contributed by atoms with Crippen molar-refractivity contribution in [1.29, 1.82) is 5.26 Å². The molecule has 2 rings (SSSR count). The molecular formula is C19H18BrNO4. The zero-order valence-electron chi connectivity index (χ0n) is 14.4. The molecule has 0 N–H and O–H groups in total. The highest BCUT2D eigenvalue weighted by molar-refractivity contribution is 9.10. The van der Waals surface area contributed by atoms with E-state index in [1.807, 2.05) is 24.3 Å². The van der Waals surface area contributed by atoms with Crippen molar-refractivity contribution >= 4 is 27.6 Å². The Bertz CT molecular complexity index is 823. The van der Waals surface area contributed by atoms with Gasteiger partial charge in [-0.05, 0) is 63.5 Å². The second-order valence-electron chi connectivity index (χ2n) is 4.95. The lowest BCUT2D eigenvalue weighted by Crippen LogP contribution is -1.97. The minimum Gasteiger partial charge on any atom is -0.497 e. The predicted octanol–water partition coefficient (Wildman–Crippen LogP) is 4.55. The van der Waals surface area contributed by atoms with Crippen LogP contribution in [0, 0.1) is 11.3 Å². The van der Waals surface area contributed by atoms with Crippen molar-refractivity contribution in [3.8, 4) is 29.1 Å². The monoisotopic (exact) mass is 403 g/mol. The molecule has 0 amide bonds. The molecule has 2 aromatic rings. The summed E-state index contributed by atoms with van der Waals surface area (Å²) in [6, 6.07) is 11.3. The first-order valence-corrected chi connectivity index (χ1v) is 8.13. The van der Waals surface area contributed by atoms with Crippen LogP contribution in [0.5, 0.6) is 23.0 Å². The van der Waals surface area contributed by atoms with Gasteiger partial charge in [-0.25, -0.2) is 0 Å². The van der Waals surface area contributed by atoms with E-state index in [2.05, 4.69) is 22.0 Å². The molecule has 0 unspecified atom stereocenters. The van der Waals surface area contributed by atoms with Gasteiger partial charge < -0.3 is 18.9 Å². The average molecular weight is 404 g/mol. The summed E-state index contributed by atoms with van der Waals surface area (Å²) < 4.78 is 22.0. The largest absolute Gasteiger partial charge is 0.497 e. The molecule has 0 bridgehead atoms. The summed E-state index contributed by atoms with van der Waals surface area (Å²) in [6.45, 7) is 0. The standard InChI is InChI=1S/C19H18BrNO4/c1-22-15-7-5-12(6-8-15)14(11-21)9-13-10-16(23-2)18(24-3)19(25-4)17(13)20/h5-10H,1-4H3/b14-9+. The summed E-state index contributed by atoms with van der Waals surface area (Å²) in [6.07, 6.45) is 1.76. The van der Waals surface area contributed by atoms with Crippen LogP contribution in [0.3, 0.4) is 0 Å². The minimum atomic E-state index is 0.483. The van der Waals surface area contributed by atoms with Gasteiger partial charge in [0.25, 0.3) is 0 Å². The third kappa shape index (κ3) is 3.89. The zero-order valence-corrected chi connectivity index (χ0v) is 16.0. The zero-order chi connectivity index (χ0) is 18.4. The molecule has 6 heteroatoms. The highest BCUT2D eigenvalue weighted by Crippen LogP contribution is 2.45. The summed E-state index contributed by atoms with van der Waals surface area (Å²) in [7, 11) is 6.24. The van der Waals surface area contributed by atoms with Gasteiger partial charge in [0.15, 0.2) is 11.5 Å². The number of hydrogen-bond donors (Lipinski definition) is 0. The average Bonchev–Trinajstić information content (AvgIpc) is 2.66. The first-order chi connectivity index (χ1) is 12.1. The Balaban J connectivity index is 2.58. The van der Waals surface area contributed by atoms with Crippen LogP contribution in [0.4, 0.5) is 0 Å². The molecule has 130 valence electrons. The fourth-order valence-corrected chi connectivity index (χ4v) is 2.92. The van der Waals surface area contributed by atoms with Gasteiger partial charge in [-0.3, -0.25) is 0 Å². The van der Waals surface area contributed by atoms with Crippen molar-refractivity contribution in [2.75, 3.05) is 28.4 Å². The molecule has 0 spiro atoms. The lowest BCUT2D eigenvalue weighted by molar-refractivity contribution is 0.323. The molecule has 0 aliphatic carbocycles. The fourth-order valence-electron chi connectivity index (χ4n) is 2.35. The van der Waals surface area contributed by atoms with E-state index < -0.39 is 0 Å². The maximum atomic E-state index is 9.56. The Morgan fingerprint density at radius 1 is 0.960 bits per heavy atom. The van der Waals surface area contributed by atoms with Gasteiger partial charge in [0.2, 0.25) is 5.75 Å². The fraction of sp³-hybridized carbons (Fsp3) is 0.211. The van der Waals surface area contributed by atoms with Crippen molar-refractivity contribution < 1.29 is 18.9 Å². The van der Waals surface area contributed by atoms with Crippen LogP contribution in [0.2, 0.25) is 0 Å². The molecule has 0 aromatic heterocycles. The van der Waals surface area contributed by atoms with E-state index in [0.29, 0.717) is 27.3 Å². The van der Waals surface area contributed by atoms with Crippen molar-refractivity contribution in [2.24, 2.45) is 0 Å². The Kier molecular flexibility index (Phi) is 6.31. The number of hydrogen-bond acceptors (Lipinski definition) is 5. The van der Waals surface area contributed by atoms with Gasteiger partial charge in [0.05, 0.1) is 44.6 Å². The first kappa shape index (κ1) is 18.7. The number of methoxy groups -OCH3 is 4. The molecule has 2 aromatic carbocycles. The number of ether oxygens (including phenoxy) is 4. The quantitative estimate of drug-likeness (QED) is 0.522. The molecule has 0 heterocycles. The Labute approximate surface area is 155 Å². The highest BCUT2D eigenvalue weighted by atomic mass is 79.9. The molecule has 0 radical (unpaired) electrons. The van der Waals surface area contributed by atoms with Crippen LogP contribution >= 0.6 is 15.9 Å². The molecule has 0 atom stereocenters. The van der Waals surface area contributed by atoms with Crippen LogP contribution in [0.25, 0.3) is 11.6 Å².